The van der Waals surface area contributed by atoms with Crippen LogP contribution in [-0.2, 0) is 6.42 Å². The summed E-state index contributed by atoms with van der Waals surface area (Å²) in [6.07, 6.45) is 9.76. The molecule has 2 rings (SSSR count). The maximum Gasteiger partial charge on any atom is 0.0640 e. The van der Waals surface area contributed by atoms with Gasteiger partial charge in [0, 0.05) is 18.7 Å². The van der Waals surface area contributed by atoms with Gasteiger partial charge in [-0.1, -0.05) is 26.7 Å². The summed E-state index contributed by atoms with van der Waals surface area (Å²) in [7, 11) is 0. The molecule has 1 fully saturated rings. The van der Waals surface area contributed by atoms with Crippen LogP contribution in [0.2, 0.25) is 0 Å². The van der Waals surface area contributed by atoms with E-state index in [1.807, 2.05) is 0 Å². The highest BCUT2D eigenvalue weighted by Gasteiger charge is 2.18. The van der Waals surface area contributed by atoms with Gasteiger partial charge in [-0.3, -0.25) is 4.68 Å². The van der Waals surface area contributed by atoms with E-state index in [0.29, 0.717) is 12.1 Å². The van der Waals surface area contributed by atoms with Crippen molar-refractivity contribution in [2.75, 3.05) is 6.54 Å². The Morgan fingerprint density at radius 3 is 2.82 bits per heavy atom. The summed E-state index contributed by atoms with van der Waals surface area (Å²) >= 11 is 0. The topological polar surface area (TPSA) is 29.9 Å². The van der Waals surface area contributed by atoms with Gasteiger partial charge in [0.1, 0.15) is 0 Å². The first-order valence-corrected chi connectivity index (χ1v) is 7.11. The second-order valence-electron chi connectivity index (χ2n) is 5.09. The lowest BCUT2D eigenvalue weighted by Gasteiger charge is -2.14. The standard InChI is InChI=1S/C14H25N3/c1-3-12(15-4-2)11-13-9-10-17(16-13)14-7-5-6-8-14/h9-10,12,14-15H,3-8,11H2,1-2H3. The first-order valence-electron chi connectivity index (χ1n) is 7.11. The summed E-state index contributed by atoms with van der Waals surface area (Å²) < 4.78 is 2.20. The van der Waals surface area contributed by atoms with E-state index in [9.17, 15) is 0 Å². The Balaban J connectivity index is 1.92. The fraction of sp³-hybridized carbons (Fsp3) is 0.786. The van der Waals surface area contributed by atoms with Crippen LogP contribution in [0.5, 0.6) is 0 Å². The van der Waals surface area contributed by atoms with Crippen molar-refractivity contribution >= 4 is 0 Å². The van der Waals surface area contributed by atoms with Crippen LogP contribution in [0.1, 0.15) is 57.7 Å². The molecule has 1 N–H and O–H groups in total. The predicted octanol–water partition coefficient (Wildman–Crippen LogP) is 2.93. The van der Waals surface area contributed by atoms with E-state index >= 15 is 0 Å². The molecule has 1 unspecified atom stereocenters. The molecule has 17 heavy (non-hydrogen) atoms. The van der Waals surface area contributed by atoms with Crippen LogP contribution in [0.25, 0.3) is 0 Å². The van der Waals surface area contributed by atoms with Crippen molar-refractivity contribution in [3.05, 3.63) is 18.0 Å². The van der Waals surface area contributed by atoms with Crippen molar-refractivity contribution in [2.45, 2.75) is 64.5 Å². The van der Waals surface area contributed by atoms with Crippen molar-refractivity contribution in [1.82, 2.24) is 15.1 Å². The Morgan fingerprint density at radius 1 is 1.41 bits per heavy atom. The lowest BCUT2D eigenvalue weighted by Crippen LogP contribution is -2.30. The van der Waals surface area contributed by atoms with E-state index in [4.69, 9.17) is 5.10 Å². The molecule has 1 aromatic heterocycles. The molecule has 0 aliphatic heterocycles. The molecule has 3 nitrogen and oxygen atoms in total. The number of hydrogen-bond acceptors (Lipinski definition) is 2. The van der Waals surface area contributed by atoms with Gasteiger partial charge in [-0.05, 0) is 31.9 Å². The van der Waals surface area contributed by atoms with E-state index in [1.54, 1.807) is 0 Å². The number of nitrogens with zero attached hydrogens (tertiary/aromatic N) is 2. The summed E-state index contributed by atoms with van der Waals surface area (Å²) in [5.74, 6) is 0. The number of hydrogen-bond donors (Lipinski definition) is 1. The maximum absolute atomic E-state index is 4.74. The third-order valence-corrected chi connectivity index (χ3v) is 3.80. The smallest absolute Gasteiger partial charge is 0.0640 e. The second-order valence-corrected chi connectivity index (χ2v) is 5.09. The Hall–Kier alpha value is -0.830. The Labute approximate surface area is 105 Å². The lowest BCUT2D eigenvalue weighted by atomic mass is 10.1. The van der Waals surface area contributed by atoms with E-state index in [-0.39, 0.29) is 0 Å². The number of aromatic nitrogens is 2. The summed E-state index contributed by atoms with van der Waals surface area (Å²) in [6.45, 7) is 5.45. The largest absolute Gasteiger partial charge is 0.314 e. The highest BCUT2D eigenvalue weighted by Crippen LogP contribution is 2.28. The predicted molar refractivity (Wildman–Crippen MR) is 71.2 cm³/mol. The van der Waals surface area contributed by atoms with Gasteiger partial charge >= 0.3 is 0 Å². The van der Waals surface area contributed by atoms with Crippen molar-refractivity contribution < 1.29 is 0 Å². The molecule has 1 heterocycles. The molecule has 96 valence electrons. The first-order chi connectivity index (χ1) is 8.33. The summed E-state index contributed by atoms with van der Waals surface area (Å²) in [5.41, 5.74) is 1.24. The molecule has 0 spiro atoms. The van der Waals surface area contributed by atoms with E-state index < -0.39 is 0 Å². The molecular formula is C14H25N3. The minimum Gasteiger partial charge on any atom is -0.314 e. The van der Waals surface area contributed by atoms with Crippen LogP contribution in [0, 0.1) is 0 Å². The van der Waals surface area contributed by atoms with Crippen molar-refractivity contribution in [2.24, 2.45) is 0 Å². The normalized spacial score (nSPS) is 18.7. The van der Waals surface area contributed by atoms with Gasteiger partial charge in [-0.25, -0.2) is 0 Å². The average Bonchev–Trinajstić information content (AvgIpc) is 2.98. The minimum absolute atomic E-state index is 0.576. The zero-order chi connectivity index (χ0) is 12.1. The Morgan fingerprint density at radius 2 is 2.18 bits per heavy atom. The van der Waals surface area contributed by atoms with Gasteiger partial charge in [0.25, 0.3) is 0 Å². The summed E-state index contributed by atoms with van der Waals surface area (Å²) in [6, 6.07) is 3.44. The van der Waals surface area contributed by atoms with Crippen molar-refractivity contribution in [1.29, 1.82) is 0 Å². The maximum atomic E-state index is 4.74. The minimum atomic E-state index is 0.576. The SMILES string of the molecule is CCNC(CC)Cc1ccn(C2CCCC2)n1. The zero-order valence-corrected chi connectivity index (χ0v) is 11.2. The van der Waals surface area contributed by atoms with Crippen molar-refractivity contribution in [3.63, 3.8) is 0 Å². The van der Waals surface area contributed by atoms with Crippen LogP contribution >= 0.6 is 0 Å². The molecule has 3 heteroatoms. The molecule has 1 saturated carbocycles. The van der Waals surface area contributed by atoms with Gasteiger partial charge in [-0.2, -0.15) is 5.10 Å². The molecule has 0 radical (unpaired) electrons. The second kappa shape index (κ2) is 6.20. The molecular weight excluding hydrogens is 210 g/mol. The van der Waals surface area contributed by atoms with E-state index in [1.165, 1.54) is 37.8 Å². The van der Waals surface area contributed by atoms with Gasteiger partial charge in [0.2, 0.25) is 0 Å². The number of rotatable bonds is 6. The van der Waals surface area contributed by atoms with Crippen molar-refractivity contribution in [3.8, 4) is 0 Å². The molecule has 1 aromatic rings. The highest BCUT2D eigenvalue weighted by atomic mass is 15.3. The quantitative estimate of drug-likeness (QED) is 0.821. The molecule has 1 atom stereocenters. The molecule has 0 aromatic carbocycles. The summed E-state index contributed by atoms with van der Waals surface area (Å²) in [4.78, 5) is 0. The van der Waals surface area contributed by atoms with E-state index in [0.717, 1.165) is 13.0 Å². The molecule has 0 saturated heterocycles. The Bertz CT molecular complexity index is 326. The van der Waals surface area contributed by atoms with Crippen LogP contribution in [0.4, 0.5) is 0 Å². The highest BCUT2D eigenvalue weighted by molar-refractivity contribution is 5.02. The molecule has 0 bridgehead atoms. The van der Waals surface area contributed by atoms with Gasteiger partial charge in [-0.15, -0.1) is 0 Å². The fourth-order valence-electron chi connectivity index (χ4n) is 2.76. The van der Waals surface area contributed by atoms with E-state index in [2.05, 4.69) is 36.1 Å². The molecule has 0 amide bonds. The van der Waals surface area contributed by atoms with Crippen LogP contribution in [-0.4, -0.2) is 22.4 Å². The van der Waals surface area contributed by atoms with Crippen LogP contribution in [0.15, 0.2) is 12.3 Å². The number of nitrogens with one attached hydrogen (secondary N) is 1. The average molecular weight is 235 g/mol. The third-order valence-electron chi connectivity index (χ3n) is 3.80. The summed E-state index contributed by atoms with van der Waals surface area (Å²) in [5, 5.41) is 8.25. The molecule has 1 aliphatic carbocycles. The van der Waals surface area contributed by atoms with Crippen LogP contribution < -0.4 is 5.32 Å². The zero-order valence-electron chi connectivity index (χ0n) is 11.2. The van der Waals surface area contributed by atoms with Gasteiger partial charge in [0.05, 0.1) is 11.7 Å². The Kier molecular flexibility index (Phi) is 4.60. The third kappa shape index (κ3) is 3.32. The first kappa shape index (κ1) is 12.6. The van der Waals surface area contributed by atoms with Gasteiger partial charge < -0.3 is 5.32 Å². The monoisotopic (exact) mass is 235 g/mol. The lowest BCUT2D eigenvalue weighted by molar-refractivity contribution is 0.453. The fourth-order valence-corrected chi connectivity index (χ4v) is 2.76. The van der Waals surface area contributed by atoms with Gasteiger partial charge in [0.15, 0.2) is 0 Å². The number of likely N-dealkylation sites (N-methyl/N-ethyl adjacent to an activating group) is 1. The van der Waals surface area contributed by atoms with Crippen LogP contribution in [0.3, 0.4) is 0 Å². The molecule has 1 aliphatic rings.